The molecule has 0 unspecified atom stereocenters. The highest BCUT2D eigenvalue weighted by molar-refractivity contribution is 5.93. The smallest absolute Gasteiger partial charge is 0.351 e. The fourth-order valence-corrected chi connectivity index (χ4v) is 7.23. The van der Waals surface area contributed by atoms with Crippen LogP contribution in [0.1, 0.15) is 35.1 Å². The maximum absolute atomic E-state index is 15.6. The van der Waals surface area contributed by atoms with Crippen molar-refractivity contribution in [3.05, 3.63) is 117 Å². The monoisotopic (exact) mass is 696 g/mol. The van der Waals surface area contributed by atoms with Crippen LogP contribution in [0.4, 0.5) is 20.2 Å². The maximum atomic E-state index is 15.6. The van der Waals surface area contributed by atoms with Gasteiger partial charge in [-0.05, 0) is 61.4 Å². The van der Waals surface area contributed by atoms with Gasteiger partial charge < -0.3 is 19.5 Å². The zero-order valence-corrected chi connectivity index (χ0v) is 28.0. The van der Waals surface area contributed by atoms with Crippen LogP contribution in [0.25, 0.3) is 16.6 Å². The molecule has 12 nitrogen and oxygen atoms in total. The van der Waals surface area contributed by atoms with Gasteiger partial charge in [0, 0.05) is 75.7 Å². The molecule has 2 saturated heterocycles. The lowest BCUT2D eigenvalue weighted by Crippen LogP contribution is -2.48. The van der Waals surface area contributed by atoms with Crippen LogP contribution in [-0.2, 0) is 13.2 Å². The summed E-state index contributed by atoms with van der Waals surface area (Å²) in [4.78, 5) is 47.1. The Bertz CT molecular complexity index is 2200. The standard InChI is InChI=1S/C37H38F2N8O4/c38-25-6-8-26(9-7-25)43-16-12-41(13-17-43)23-34-40-46(37(51)47(34)28-4-2-1-3-5-28)24-42-14-18-44(19-15-42)33-21-32-29(20-31(33)39)35(48)30(36(49)50)22-45(32)27-10-11-27/h1-9,20-22,27H,10-19,23-24H2,(H,49,50). The first-order valence-corrected chi connectivity index (χ1v) is 17.3. The lowest BCUT2D eigenvalue weighted by atomic mass is 10.1. The number of aromatic nitrogens is 4. The van der Waals surface area contributed by atoms with Crippen molar-refractivity contribution in [3.8, 4) is 5.69 Å². The molecule has 0 radical (unpaired) electrons. The summed E-state index contributed by atoms with van der Waals surface area (Å²) in [6.45, 7) is 5.91. The molecule has 2 aromatic heterocycles. The van der Waals surface area contributed by atoms with E-state index < -0.39 is 17.2 Å². The third kappa shape index (κ3) is 6.52. The number of hydrogen-bond donors (Lipinski definition) is 1. The summed E-state index contributed by atoms with van der Waals surface area (Å²) in [6.07, 6.45) is 3.13. The summed E-state index contributed by atoms with van der Waals surface area (Å²) < 4.78 is 34.0. The second-order valence-corrected chi connectivity index (χ2v) is 13.5. The maximum Gasteiger partial charge on any atom is 0.351 e. The van der Waals surface area contributed by atoms with Gasteiger partial charge in [0.25, 0.3) is 0 Å². The molecule has 51 heavy (non-hydrogen) atoms. The van der Waals surface area contributed by atoms with Crippen molar-refractivity contribution in [2.75, 3.05) is 62.2 Å². The molecule has 0 spiro atoms. The molecule has 14 heteroatoms. The highest BCUT2D eigenvalue weighted by Gasteiger charge is 2.29. The molecule has 0 atom stereocenters. The second kappa shape index (κ2) is 13.4. The normalized spacial score (nSPS) is 17.4. The van der Waals surface area contributed by atoms with Crippen molar-refractivity contribution < 1.29 is 18.7 Å². The molecule has 3 aliphatic rings. The van der Waals surface area contributed by atoms with Crippen molar-refractivity contribution in [3.63, 3.8) is 0 Å². The van der Waals surface area contributed by atoms with Crippen LogP contribution < -0.4 is 20.9 Å². The molecule has 3 fully saturated rings. The lowest BCUT2D eigenvalue weighted by Gasteiger charge is -2.36. The van der Waals surface area contributed by atoms with Gasteiger partial charge >= 0.3 is 11.7 Å². The number of anilines is 2. The third-order valence-electron chi connectivity index (χ3n) is 10.2. The molecule has 1 aliphatic carbocycles. The van der Waals surface area contributed by atoms with E-state index in [1.54, 1.807) is 27.3 Å². The number of piperazine rings is 2. The Kier molecular flexibility index (Phi) is 8.64. The average Bonchev–Trinajstić information content (AvgIpc) is 3.94. The zero-order chi connectivity index (χ0) is 35.2. The minimum atomic E-state index is -1.32. The summed E-state index contributed by atoms with van der Waals surface area (Å²) in [5.41, 5.74) is 1.36. The van der Waals surface area contributed by atoms with E-state index in [2.05, 4.69) is 14.7 Å². The molecular formula is C37H38F2N8O4. The minimum absolute atomic E-state index is 0.0700. The van der Waals surface area contributed by atoms with Gasteiger partial charge in [0.2, 0.25) is 5.43 Å². The highest BCUT2D eigenvalue weighted by atomic mass is 19.1. The van der Waals surface area contributed by atoms with Crippen LogP contribution in [0.5, 0.6) is 0 Å². The summed E-state index contributed by atoms with van der Waals surface area (Å²) in [7, 11) is 0. The van der Waals surface area contributed by atoms with Crippen LogP contribution in [0.15, 0.2) is 82.5 Å². The number of carboxylic acids is 1. The summed E-state index contributed by atoms with van der Waals surface area (Å²) >= 11 is 0. The molecule has 264 valence electrons. The average molecular weight is 697 g/mol. The number of carboxylic acid groups (broad SMARTS) is 1. The quantitative estimate of drug-likeness (QED) is 0.246. The molecule has 8 rings (SSSR count). The first-order chi connectivity index (χ1) is 24.7. The second-order valence-electron chi connectivity index (χ2n) is 13.5. The Morgan fingerprint density at radius 1 is 0.804 bits per heavy atom. The number of aromatic carboxylic acids is 1. The van der Waals surface area contributed by atoms with E-state index in [1.165, 1.54) is 29.1 Å². The predicted molar refractivity (Wildman–Crippen MR) is 189 cm³/mol. The molecule has 2 aliphatic heterocycles. The zero-order valence-electron chi connectivity index (χ0n) is 28.0. The first-order valence-electron chi connectivity index (χ1n) is 17.3. The molecule has 5 aromatic rings. The van der Waals surface area contributed by atoms with Crippen molar-refractivity contribution in [1.29, 1.82) is 0 Å². The Morgan fingerprint density at radius 2 is 1.47 bits per heavy atom. The Hall–Kier alpha value is -5.34. The summed E-state index contributed by atoms with van der Waals surface area (Å²) in [6, 6.07) is 19.0. The molecular weight excluding hydrogens is 658 g/mol. The number of halogens is 2. The van der Waals surface area contributed by atoms with E-state index in [4.69, 9.17) is 5.10 Å². The van der Waals surface area contributed by atoms with Crippen LogP contribution in [0, 0.1) is 11.6 Å². The number of carbonyl (C=O) groups is 1. The molecule has 0 amide bonds. The van der Waals surface area contributed by atoms with Gasteiger partial charge in [0.1, 0.15) is 17.2 Å². The van der Waals surface area contributed by atoms with Gasteiger partial charge in [-0.3, -0.25) is 14.6 Å². The Morgan fingerprint density at radius 3 is 2.14 bits per heavy atom. The van der Waals surface area contributed by atoms with Crippen molar-refractivity contribution in [2.45, 2.75) is 32.1 Å². The van der Waals surface area contributed by atoms with Gasteiger partial charge in [-0.25, -0.2) is 22.9 Å². The Labute approximate surface area is 291 Å². The number of hydrogen-bond acceptors (Lipinski definition) is 8. The van der Waals surface area contributed by atoms with E-state index in [9.17, 15) is 23.9 Å². The van der Waals surface area contributed by atoms with Crippen LogP contribution in [0.2, 0.25) is 0 Å². The molecule has 0 bridgehead atoms. The highest BCUT2D eigenvalue weighted by Crippen LogP contribution is 2.38. The topological polar surface area (TPSA) is 112 Å². The van der Waals surface area contributed by atoms with Gasteiger partial charge in [-0.15, -0.1) is 0 Å². The molecule has 1 saturated carbocycles. The Balaban J connectivity index is 0.980. The third-order valence-corrected chi connectivity index (χ3v) is 10.2. The minimum Gasteiger partial charge on any atom is -0.477 e. The van der Waals surface area contributed by atoms with E-state index >= 15 is 4.39 Å². The number of fused-ring (bicyclic) bond motifs is 1. The molecule has 3 aromatic carbocycles. The van der Waals surface area contributed by atoms with E-state index in [1.807, 2.05) is 35.2 Å². The van der Waals surface area contributed by atoms with Crippen molar-refractivity contribution in [1.82, 2.24) is 28.7 Å². The predicted octanol–water partition coefficient (Wildman–Crippen LogP) is 3.76. The lowest BCUT2D eigenvalue weighted by molar-refractivity contribution is 0.0694. The van der Waals surface area contributed by atoms with E-state index in [0.717, 1.165) is 50.4 Å². The van der Waals surface area contributed by atoms with E-state index in [0.29, 0.717) is 49.8 Å². The van der Waals surface area contributed by atoms with Crippen LogP contribution >= 0.6 is 0 Å². The van der Waals surface area contributed by atoms with Gasteiger partial charge in [-0.1, -0.05) is 18.2 Å². The van der Waals surface area contributed by atoms with Gasteiger partial charge in [0.15, 0.2) is 5.82 Å². The van der Waals surface area contributed by atoms with Gasteiger partial charge in [0.05, 0.1) is 30.1 Å². The fourth-order valence-electron chi connectivity index (χ4n) is 7.23. The number of rotatable bonds is 9. The first kappa shape index (κ1) is 32.8. The summed E-state index contributed by atoms with van der Waals surface area (Å²) in [5, 5.41) is 14.5. The fraction of sp³-hybridized carbons (Fsp3) is 0.351. The number of para-hydroxylation sites is 1. The number of nitrogens with zero attached hydrogens (tertiary/aromatic N) is 8. The number of pyridine rings is 1. The molecule has 4 heterocycles. The number of benzene rings is 3. The van der Waals surface area contributed by atoms with Crippen molar-refractivity contribution in [2.24, 2.45) is 0 Å². The van der Waals surface area contributed by atoms with Crippen LogP contribution in [-0.4, -0.2) is 92.1 Å². The molecule has 1 N–H and O–H groups in total. The van der Waals surface area contributed by atoms with Crippen molar-refractivity contribution >= 4 is 28.2 Å². The van der Waals surface area contributed by atoms with Gasteiger partial charge in [-0.2, -0.15) is 9.78 Å². The van der Waals surface area contributed by atoms with Crippen LogP contribution in [0.3, 0.4) is 0 Å². The SMILES string of the molecule is O=C(O)c1cn(C2CC2)c2cc(N3CCN(Cn4nc(CN5CCN(c6ccc(F)cc6)CC5)n(-c5ccccc5)c4=O)CC3)c(F)cc2c1=O. The summed E-state index contributed by atoms with van der Waals surface area (Å²) in [5.74, 6) is -1.50. The largest absolute Gasteiger partial charge is 0.477 e. The van der Waals surface area contributed by atoms with E-state index in [-0.39, 0.29) is 35.2 Å².